The Morgan fingerprint density at radius 1 is 0.943 bits per heavy atom. The Morgan fingerprint density at radius 3 is 2.31 bits per heavy atom. The molecule has 3 rings (SSSR count). The van der Waals surface area contributed by atoms with E-state index in [0.29, 0.717) is 51.8 Å². The van der Waals surface area contributed by atoms with E-state index in [0.717, 1.165) is 5.56 Å². The van der Waals surface area contributed by atoms with Crippen molar-refractivity contribution < 1.29 is 19.0 Å². The first-order valence-corrected chi connectivity index (χ1v) is 11.7. The van der Waals surface area contributed by atoms with Crippen LogP contribution in [0.5, 0.6) is 17.2 Å². The molecule has 0 heterocycles. The van der Waals surface area contributed by atoms with Crippen molar-refractivity contribution >= 4 is 40.9 Å². The van der Waals surface area contributed by atoms with Crippen molar-refractivity contribution in [2.45, 2.75) is 20.5 Å². The van der Waals surface area contributed by atoms with Crippen LogP contribution in [-0.4, -0.2) is 19.1 Å². The highest BCUT2D eigenvalue weighted by atomic mass is 35.5. The van der Waals surface area contributed by atoms with E-state index in [1.165, 1.54) is 6.08 Å². The maximum atomic E-state index is 12.7. The van der Waals surface area contributed by atoms with Gasteiger partial charge < -0.3 is 19.5 Å². The van der Waals surface area contributed by atoms with Gasteiger partial charge in [-0.2, -0.15) is 5.26 Å². The molecule has 35 heavy (non-hydrogen) atoms. The molecule has 0 atom stereocenters. The number of carbonyl (C=O) groups is 1. The monoisotopic (exact) mass is 510 g/mol. The minimum absolute atomic E-state index is 0.0469. The number of benzene rings is 3. The average Bonchev–Trinajstić information content (AvgIpc) is 2.84. The number of ether oxygens (including phenoxy) is 3. The fraction of sp³-hybridized carbons (Fsp3) is 0.185. The van der Waals surface area contributed by atoms with Crippen LogP contribution in [-0.2, 0) is 11.4 Å². The lowest BCUT2D eigenvalue weighted by Crippen LogP contribution is -2.13. The molecule has 0 radical (unpaired) electrons. The number of hydrogen-bond donors (Lipinski definition) is 1. The van der Waals surface area contributed by atoms with Crippen LogP contribution in [0.1, 0.15) is 25.0 Å². The third-order valence-electron chi connectivity index (χ3n) is 4.77. The van der Waals surface area contributed by atoms with Gasteiger partial charge in [0, 0.05) is 21.3 Å². The smallest absolute Gasteiger partial charge is 0.266 e. The Kier molecular flexibility index (Phi) is 9.42. The normalized spacial score (nSPS) is 10.9. The third kappa shape index (κ3) is 7.41. The molecule has 1 N–H and O–H groups in total. The molecule has 8 heteroatoms. The van der Waals surface area contributed by atoms with E-state index in [2.05, 4.69) is 5.32 Å². The fourth-order valence-corrected chi connectivity index (χ4v) is 3.57. The van der Waals surface area contributed by atoms with Crippen LogP contribution in [0.3, 0.4) is 0 Å². The molecule has 0 unspecified atom stereocenters. The zero-order valence-corrected chi connectivity index (χ0v) is 20.8. The van der Waals surface area contributed by atoms with Crippen molar-refractivity contribution in [3.63, 3.8) is 0 Å². The number of amides is 1. The summed E-state index contributed by atoms with van der Waals surface area (Å²) >= 11 is 12.1. The van der Waals surface area contributed by atoms with Crippen LogP contribution in [0.15, 0.2) is 66.2 Å². The molecule has 0 aliphatic rings. The summed E-state index contributed by atoms with van der Waals surface area (Å²) in [7, 11) is 0. The molecule has 3 aromatic carbocycles. The first kappa shape index (κ1) is 26.0. The van der Waals surface area contributed by atoms with Gasteiger partial charge in [0.15, 0.2) is 11.5 Å². The third-order valence-corrected chi connectivity index (χ3v) is 5.35. The van der Waals surface area contributed by atoms with Gasteiger partial charge in [0.1, 0.15) is 24.0 Å². The van der Waals surface area contributed by atoms with Crippen molar-refractivity contribution in [1.82, 2.24) is 0 Å². The van der Waals surface area contributed by atoms with Crippen LogP contribution in [0.2, 0.25) is 10.0 Å². The summed E-state index contributed by atoms with van der Waals surface area (Å²) < 4.78 is 16.9. The molecular weight excluding hydrogens is 487 g/mol. The van der Waals surface area contributed by atoms with Gasteiger partial charge in [0.2, 0.25) is 0 Å². The Hall–Kier alpha value is -3.66. The lowest BCUT2D eigenvalue weighted by atomic mass is 10.1. The van der Waals surface area contributed by atoms with Crippen molar-refractivity contribution in [2.75, 3.05) is 18.5 Å². The summed E-state index contributed by atoms with van der Waals surface area (Å²) in [6.45, 7) is 4.99. The van der Waals surface area contributed by atoms with Gasteiger partial charge in [-0.15, -0.1) is 0 Å². The van der Waals surface area contributed by atoms with Crippen molar-refractivity contribution in [3.05, 3.63) is 87.4 Å². The van der Waals surface area contributed by atoms with Gasteiger partial charge in [0.25, 0.3) is 5.91 Å². The van der Waals surface area contributed by atoms with E-state index < -0.39 is 5.91 Å². The number of carbonyl (C=O) groups excluding carboxylic acids is 1. The number of halogens is 2. The quantitative estimate of drug-likeness (QED) is 0.236. The van der Waals surface area contributed by atoms with Crippen molar-refractivity contribution in [3.8, 4) is 23.3 Å². The number of hydrogen-bond acceptors (Lipinski definition) is 5. The minimum atomic E-state index is -0.527. The van der Waals surface area contributed by atoms with Crippen LogP contribution in [0, 0.1) is 11.3 Å². The van der Waals surface area contributed by atoms with Crippen LogP contribution in [0.4, 0.5) is 5.69 Å². The van der Waals surface area contributed by atoms with E-state index in [-0.39, 0.29) is 12.2 Å². The summed E-state index contributed by atoms with van der Waals surface area (Å²) in [6.07, 6.45) is 1.50. The number of nitrogens with zero attached hydrogens (tertiary/aromatic N) is 1. The second-order valence-corrected chi connectivity index (χ2v) is 8.09. The van der Waals surface area contributed by atoms with Gasteiger partial charge >= 0.3 is 0 Å². The zero-order chi connectivity index (χ0) is 25.2. The molecule has 0 aliphatic heterocycles. The maximum absolute atomic E-state index is 12.7. The van der Waals surface area contributed by atoms with Gasteiger partial charge in [-0.1, -0.05) is 35.3 Å². The van der Waals surface area contributed by atoms with Crippen molar-refractivity contribution in [2.24, 2.45) is 0 Å². The number of rotatable bonds is 10. The van der Waals surface area contributed by atoms with E-state index in [1.807, 2.05) is 19.9 Å². The lowest BCUT2D eigenvalue weighted by molar-refractivity contribution is -0.112. The molecule has 0 aromatic heterocycles. The second-order valence-electron chi connectivity index (χ2n) is 7.24. The minimum Gasteiger partial charge on any atom is -0.490 e. The molecule has 180 valence electrons. The number of nitriles is 1. The topological polar surface area (TPSA) is 80.6 Å². The first-order chi connectivity index (χ1) is 16.9. The molecule has 0 spiro atoms. The van der Waals surface area contributed by atoms with E-state index in [9.17, 15) is 10.1 Å². The second kappa shape index (κ2) is 12.7. The predicted molar refractivity (Wildman–Crippen MR) is 138 cm³/mol. The Balaban J connectivity index is 1.66. The number of anilines is 1. The SMILES string of the molecule is CCOc1ccc(/C=C(\C#N)C(=O)Nc2ccc(OCc3ccc(Cl)cc3Cl)cc2)cc1OCC. The van der Waals surface area contributed by atoms with E-state index in [1.54, 1.807) is 60.7 Å². The molecular formula is C27H24Cl2N2O4. The highest BCUT2D eigenvalue weighted by molar-refractivity contribution is 6.35. The van der Waals surface area contributed by atoms with Crippen LogP contribution >= 0.6 is 23.2 Å². The Morgan fingerprint density at radius 2 is 1.66 bits per heavy atom. The van der Waals surface area contributed by atoms with Gasteiger partial charge in [-0.3, -0.25) is 4.79 Å². The summed E-state index contributed by atoms with van der Waals surface area (Å²) in [5, 5.41) is 13.3. The molecule has 3 aromatic rings. The predicted octanol–water partition coefficient (Wildman–Crippen LogP) is 6.92. The lowest BCUT2D eigenvalue weighted by Gasteiger charge is -2.11. The Labute approximate surface area is 214 Å². The van der Waals surface area contributed by atoms with Crippen LogP contribution in [0.25, 0.3) is 6.08 Å². The highest BCUT2D eigenvalue weighted by Crippen LogP contribution is 2.29. The summed E-state index contributed by atoms with van der Waals surface area (Å²) in [5.41, 5.74) is 1.93. The maximum Gasteiger partial charge on any atom is 0.266 e. The molecule has 0 fully saturated rings. The average molecular weight is 511 g/mol. The largest absolute Gasteiger partial charge is 0.490 e. The van der Waals surface area contributed by atoms with Gasteiger partial charge in [0.05, 0.1) is 13.2 Å². The first-order valence-electron chi connectivity index (χ1n) is 10.9. The molecule has 6 nitrogen and oxygen atoms in total. The van der Waals surface area contributed by atoms with Gasteiger partial charge in [-0.05, 0) is 74.0 Å². The van der Waals surface area contributed by atoms with E-state index in [4.69, 9.17) is 37.4 Å². The summed E-state index contributed by atoms with van der Waals surface area (Å²) in [4.78, 5) is 12.7. The van der Waals surface area contributed by atoms with Crippen LogP contribution < -0.4 is 19.5 Å². The molecule has 1 amide bonds. The summed E-state index contributed by atoms with van der Waals surface area (Å²) in [6, 6.07) is 19.2. The highest BCUT2D eigenvalue weighted by Gasteiger charge is 2.12. The number of nitrogens with one attached hydrogen (secondary N) is 1. The van der Waals surface area contributed by atoms with Crippen molar-refractivity contribution in [1.29, 1.82) is 5.26 Å². The molecule has 0 bridgehead atoms. The van der Waals surface area contributed by atoms with Gasteiger partial charge in [-0.25, -0.2) is 0 Å². The Bertz CT molecular complexity index is 1250. The van der Waals surface area contributed by atoms with E-state index >= 15 is 0 Å². The summed E-state index contributed by atoms with van der Waals surface area (Å²) in [5.74, 6) is 1.23. The molecule has 0 aliphatic carbocycles. The zero-order valence-electron chi connectivity index (χ0n) is 19.3. The standard InChI is InChI=1S/C27H24Cl2N2O4/c1-3-33-25-12-5-18(14-26(25)34-4-2)13-20(16-30)27(32)31-22-8-10-23(11-9-22)35-17-19-6-7-21(28)15-24(19)29/h5-15H,3-4,17H2,1-2H3,(H,31,32)/b20-13+. The fourth-order valence-electron chi connectivity index (χ4n) is 3.11. The molecule has 0 saturated heterocycles. The molecule has 0 saturated carbocycles.